The molecule has 0 radical (unpaired) electrons. The van der Waals surface area contributed by atoms with Crippen molar-refractivity contribution in [3.05, 3.63) is 154 Å². The van der Waals surface area contributed by atoms with Crippen LogP contribution in [0.15, 0.2) is 143 Å². The summed E-state index contributed by atoms with van der Waals surface area (Å²) in [6.45, 7) is 13.6. The molecule has 266 valence electrons. The molecule has 0 unspecified atom stereocenters. The average Bonchev–Trinajstić information content (AvgIpc) is 3.41. The lowest BCUT2D eigenvalue weighted by Gasteiger charge is -2.46. The molecule has 1 aliphatic heterocycles. The van der Waals surface area contributed by atoms with Crippen LogP contribution in [-0.2, 0) is 8.85 Å². The van der Waals surface area contributed by atoms with Crippen molar-refractivity contribution in [1.82, 2.24) is 9.55 Å². The fourth-order valence-electron chi connectivity index (χ4n) is 7.72. The van der Waals surface area contributed by atoms with E-state index in [-0.39, 0.29) is 21.9 Å². The first kappa shape index (κ1) is 37.0. The number of hydrogen-bond acceptors (Lipinski definition) is 6. The monoisotopic (exact) mass is 736 g/mol. The molecule has 0 amide bonds. The quantitative estimate of drug-likeness (QED) is 0.196. The van der Waals surface area contributed by atoms with Gasteiger partial charge in [-0.1, -0.05) is 163 Å². The number of aromatic nitrogens is 2. The lowest BCUT2D eigenvalue weighted by molar-refractivity contribution is 0.0206. The molecule has 1 aliphatic rings. The Morgan fingerprint density at radius 1 is 0.667 bits per heavy atom. The van der Waals surface area contributed by atoms with Crippen LogP contribution in [0.5, 0.6) is 0 Å². The zero-order chi connectivity index (χ0) is 36.4. The van der Waals surface area contributed by atoms with Gasteiger partial charge in [-0.15, -0.1) is 11.8 Å². The van der Waals surface area contributed by atoms with Crippen molar-refractivity contribution >= 4 is 49.1 Å². The van der Waals surface area contributed by atoms with Gasteiger partial charge in [0, 0.05) is 18.9 Å². The molecular weight excluding hydrogens is 689 g/mol. The van der Waals surface area contributed by atoms with Gasteiger partial charge in [0.05, 0.1) is 11.4 Å². The standard InChI is InChI=1S/C41H48N2O5SSi2/c1-40(2,3)50(30-19-11-7-12-20-30,31-21-13-8-14-22-31)47-29-34-37(36(45)38(49-34)43-28-27-35(44)42-39(43)46)48-51(41(4,5)6,32-23-15-9-16-24-32)33-25-17-10-18-26-33/h7-28,34,36-38,45H,29H2,1-6H3,(H,42,44,46)/t34-,36-,37-,38+/m0/s1. The SMILES string of the molecule is CC(C)(C)[Si](OC[C@@H]1S[C@@H](n2ccc(=O)[nH]c2=O)[C@@H](O)[C@H]1O[Si](c1ccccc1)(c1ccccc1)C(C)(C)C)(c1ccccc1)c1ccccc1. The van der Waals surface area contributed by atoms with E-state index in [0.717, 1.165) is 20.7 Å². The number of hydrogen-bond donors (Lipinski definition) is 2. The van der Waals surface area contributed by atoms with Crippen LogP contribution < -0.4 is 32.0 Å². The molecule has 2 heterocycles. The van der Waals surface area contributed by atoms with Crippen LogP contribution in [-0.4, -0.2) is 55.4 Å². The topological polar surface area (TPSA) is 93.6 Å². The normalized spacial score (nSPS) is 20.0. The van der Waals surface area contributed by atoms with E-state index in [0.29, 0.717) is 0 Å². The number of aromatic amines is 1. The Morgan fingerprint density at radius 3 is 1.47 bits per heavy atom. The maximum absolute atomic E-state index is 13.2. The molecule has 6 rings (SSSR count). The molecule has 4 atom stereocenters. The van der Waals surface area contributed by atoms with Crippen LogP contribution in [0.4, 0.5) is 0 Å². The second kappa shape index (κ2) is 14.7. The predicted octanol–water partition coefficient (Wildman–Crippen LogP) is 5.03. The summed E-state index contributed by atoms with van der Waals surface area (Å²) in [5.74, 6) is 0. The minimum Gasteiger partial charge on any atom is -0.406 e. The lowest BCUT2D eigenvalue weighted by Crippen LogP contribution is -2.69. The second-order valence-electron chi connectivity index (χ2n) is 15.3. The van der Waals surface area contributed by atoms with Crippen LogP contribution >= 0.6 is 11.8 Å². The molecule has 5 aromatic rings. The van der Waals surface area contributed by atoms with Crippen molar-refractivity contribution in [3.8, 4) is 0 Å². The number of rotatable bonds is 10. The van der Waals surface area contributed by atoms with E-state index in [1.54, 1.807) is 0 Å². The van der Waals surface area contributed by atoms with E-state index < -0.39 is 45.5 Å². The molecular formula is C41H48N2O5SSi2. The van der Waals surface area contributed by atoms with Crippen LogP contribution in [0.3, 0.4) is 0 Å². The van der Waals surface area contributed by atoms with Gasteiger partial charge in [0.25, 0.3) is 22.2 Å². The van der Waals surface area contributed by atoms with E-state index in [4.69, 9.17) is 8.85 Å². The summed E-state index contributed by atoms with van der Waals surface area (Å²) >= 11 is 1.47. The van der Waals surface area contributed by atoms with Gasteiger partial charge in [-0.25, -0.2) is 4.79 Å². The van der Waals surface area contributed by atoms with Gasteiger partial charge in [0.2, 0.25) is 0 Å². The van der Waals surface area contributed by atoms with Gasteiger partial charge < -0.3 is 14.0 Å². The van der Waals surface area contributed by atoms with Crippen LogP contribution in [0, 0.1) is 0 Å². The van der Waals surface area contributed by atoms with Gasteiger partial charge >= 0.3 is 5.69 Å². The number of benzene rings is 4. The summed E-state index contributed by atoms with van der Waals surface area (Å²) < 4.78 is 16.5. The van der Waals surface area contributed by atoms with E-state index in [1.807, 2.05) is 48.5 Å². The zero-order valence-corrected chi connectivity index (χ0v) is 33.0. The highest BCUT2D eigenvalue weighted by molar-refractivity contribution is 8.00. The zero-order valence-electron chi connectivity index (χ0n) is 30.2. The number of aliphatic hydroxyl groups excluding tert-OH is 1. The highest BCUT2D eigenvalue weighted by atomic mass is 32.2. The number of nitrogens with one attached hydrogen (secondary N) is 1. The molecule has 2 N–H and O–H groups in total. The van der Waals surface area contributed by atoms with Crippen molar-refractivity contribution in [2.45, 2.75) is 74.5 Å². The van der Waals surface area contributed by atoms with Gasteiger partial charge in [0.1, 0.15) is 11.5 Å². The number of aliphatic hydroxyl groups is 1. The molecule has 0 bridgehead atoms. The Balaban J connectivity index is 1.51. The summed E-state index contributed by atoms with van der Waals surface area (Å²) in [4.78, 5) is 27.7. The largest absolute Gasteiger partial charge is 0.406 e. The molecule has 7 nitrogen and oxygen atoms in total. The van der Waals surface area contributed by atoms with Gasteiger partial charge in [0.15, 0.2) is 0 Å². The molecule has 4 aromatic carbocycles. The van der Waals surface area contributed by atoms with Crippen molar-refractivity contribution < 1.29 is 14.0 Å². The fourth-order valence-corrected chi connectivity index (χ4v) is 18.7. The summed E-state index contributed by atoms with van der Waals surface area (Å²) in [6.07, 6.45) is -0.343. The smallest absolute Gasteiger partial charge is 0.329 e. The van der Waals surface area contributed by atoms with Crippen LogP contribution in [0.25, 0.3) is 0 Å². The minimum atomic E-state index is -3.15. The maximum atomic E-state index is 13.2. The fraction of sp³-hybridized carbons (Fsp3) is 0.317. The summed E-state index contributed by atoms with van der Waals surface area (Å²) in [5, 5.41) is 15.2. The summed E-state index contributed by atoms with van der Waals surface area (Å²) in [7, 11) is -6.12. The first-order valence-corrected chi connectivity index (χ1v) is 22.2. The number of nitrogens with zero attached hydrogens (tertiary/aromatic N) is 1. The predicted molar refractivity (Wildman–Crippen MR) is 214 cm³/mol. The molecule has 1 aromatic heterocycles. The van der Waals surface area contributed by atoms with Gasteiger partial charge in [-0.05, 0) is 30.8 Å². The maximum Gasteiger partial charge on any atom is 0.329 e. The van der Waals surface area contributed by atoms with E-state index in [1.165, 1.54) is 28.6 Å². The van der Waals surface area contributed by atoms with E-state index in [9.17, 15) is 14.7 Å². The number of thioether (sulfide) groups is 1. The number of H-pyrrole nitrogens is 1. The van der Waals surface area contributed by atoms with Crippen LogP contribution in [0.2, 0.25) is 10.1 Å². The van der Waals surface area contributed by atoms with E-state index in [2.05, 4.69) is 119 Å². The molecule has 0 saturated carbocycles. The van der Waals surface area contributed by atoms with Crippen molar-refractivity contribution in [3.63, 3.8) is 0 Å². The van der Waals surface area contributed by atoms with Crippen molar-refractivity contribution in [2.75, 3.05) is 6.61 Å². The van der Waals surface area contributed by atoms with Crippen LogP contribution in [0.1, 0.15) is 46.9 Å². The first-order valence-electron chi connectivity index (χ1n) is 17.5. The van der Waals surface area contributed by atoms with E-state index >= 15 is 0 Å². The highest BCUT2D eigenvalue weighted by Crippen LogP contribution is 2.47. The lowest BCUT2D eigenvalue weighted by atomic mass is 10.1. The third kappa shape index (κ3) is 6.93. The third-order valence-corrected chi connectivity index (χ3v) is 21.6. The average molecular weight is 737 g/mol. The molecule has 0 aliphatic carbocycles. The first-order chi connectivity index (χ1) is 24.3. The Labute approximate surface area is 307 Å². The molecule has 1 fully saturated rings. The molecule has 1 saturated heterocycles. The Morgan fingerprint density at radius 2 is 1.08 bits per heavy atom. The molecule has 51 heavy (non-hydrogen) atoms. The second-order valence-corrected chi connectivity index (χ2v) is 25.2. The highest BCUT2D eigenvalue weighted by Gasteiger charge is 2.57. The van der Waals surface area contributed by atoms with Crippen molar-refractivity contribution in [1.29, 1.82) is 0 Å². The molecule has 10 heteroatoms. The van der Waals surface area contributed by atoms with Gasteiger partial charge in [-0.3, -0.25) is 14.3 Å². The Kier molecular flexibility index (Phi) is 10.7. The summed E-state index contributed by atoms with van der Waals surface area (Å²) in [6, 6.07) is 43.0. The van der Waals surface area contributed by atoms with Crippen molar-refractivity contribution in [2.24, 2.45) is 0 Å². The Hall–Kier alpha value is -3.78. The van der Waals surface area contributed by atoms with Gasteiger partial charge in [-0.2, -0.15) is 0 Å². The molecule has 0 spiro atoms. The third-order valence-electron chi connectivity index (χ3n) is 10.0. The summed E-state index contributed by atoms with van der Waals surface area (Å²) in [5.41, 5.74) is -1.06. The minimum absolute atomic E-state index is 0.263. The Bertz CT molecular complexity index is 1930.